The van der Waals surface area contributed by atoms with E-state index in [0.29, 0.717) is 29.3 Å². The van der Waals surface area contributed by atoms with Crippen LogP contribution in [-0.2, 0) is 19.1 Å². The van der Waals surface area contributed by atoms with Gasteiger partial charge in [-0.2, -0.15) is 0 Å². The molecule has 11 nitrogen and oxygen atoms in total. The maximum absolute atomic E-state index is 12.5. The number of carbonyl (C=O) groups excluding carboxylic acids is 4. The van der Waals surface area contributed by atoms with Crippen LogP contribution < -0.4 is 16.0 Å². The summed E-state index contributed by atoms with van der Waals surface area (Å²) in [6.45, 7) is 3.44. The molecule has 0 aliphatic carbocycles. The average molecular weight is 477 g/mol. The lowest BCUT2D eigenvalue weighted by atomic mass is 10.1. The van der Waals surface area contributed by atoms with Crippen LogP contribution in [0.1, 0.15) is 20.8 Å². The second-order valence-corrected chi connectivity index (χ2v) is 7.39. The number of thiazole rings is 1. The van der Waals surface area contributed by atoms with E-state index >= 15 is 0 Å². The summed E-state index contributed by atoms with van der Waals surface area (Å²) in [4.78, 5) is 52.3. The van der Waals surface area contributed by atoms with Gasteiger partial charge in [0.25, 0.3) is 11.8 Å². The molecule has 4 N–H and O–H groups in total. The molecule has 1 aromatic heterocycles. The zero-order valence-corrected chi connectivity index (χ0v) is 18.9. The first-order valence-electron chi connectivity index (χ1n) is 9.63. The van der Waals surface area contributed by atoms with E-state index in [1.165, 1.54) is 16.7 Å². The van der Waals surface area contributed by atoms with Crippen LogP contribution in [0.2, 0.25) is 0 Å². The van der Waals surface area contributed by atoms with E-state index in [1.807, 2.05) is 0 Å². The number of amides is 3. The minimum Gasteiger partial charge on any atom is -0.464 e. The fraction of sp³-hybridized carbons (Fsp3) is 0.286. The first-order valence-corrected chi connectivity index (χ1v) is 10.5. The number of methoxy groups -OCH3 is 2. The van der Waals surface area contributed by atoms with E-state index < -0.39 is 30.4 Å². The third-order valence-corrected chi connectivity index (χ3v) is 5.12. The van der Waals surface area contributed by atoms with E-state index in [1.54, 1.807) is 31.4 Å². The maximum Gasteiger partial charge on any atom is 0.353 e. The van der Waals surface area contributed by atoms with Gasteiger partial charge in [-0.05, 0) is 12.1 Å². The van der Waals surface area contributed by atoms with E-state index in [2.05, 4.69) is 32.3 Å². The number of aromatic nitrogens is 1. The molecule has 1 heterocycles. The Morgan fingerprint density at radius 1 is 1.15 bits per heavy atom. The number of aliphatic hydroxyl groups excluding tert-OH is 1. The van der Waals surface area contributed by atoms with Gasteiger partial charge >= 0.3 is 5.97 Å². The van der Waals surface area contributed by atoms with Gasteiger partial charge in [0.1, 0.15) is 22.4 Å². The highest BCUT2D eigenvalue weighted by Crippen LogP contribution is 2.24. The zero-order valence-electron chi connectivity index (χ0n) is 18.0. The predicted molar refractivity (Wildman–Crippen MR) is 119 cm³/mol. The normalized spacial score (nSPS) is 11.2. The van der Waals surface area contributed by atoms with Crippen molar-refractivity contribution in [3.05, 3.63) is 53.2 Å². The van der Waals surface area contributed by atoms with Crippen LogP contribution in [0.5, 0.6) is 0 Å². The average Bonchev–Trinajstić information content (AvgIpc) is 3.32. The van der Waals surface area contributed by atoms with Crippen molar-refractivity contribution in [3.63, 3.8) is 0 Å². The fourth-order valence-electron chi connectivity index (χ4n) is 2.48. The highest BCUT2D eigenvalue weighted by Gasteiger charge is 2.24. The number of hydrogen-bond acceptors (Lipinski definition) is 9. The predicted octanol–water partition coefficient (Wildman–Crippen LogP) is 0.0799. The van der Waals surface area contributed by atoms with Gasteiger partial charge < -0.3 is 30.5 Å². The second kappa shape index (κ2) is 12.4. The van der Waals surface area contributed by atoms with Gasteiger partial charge in [-0.25, -0.2) is 9.78 Å². The number of esters is 1. The highest BCUT2D eigenvalue weighted by molar-refractivity contribution is 7.13. The summed E-state index contributed by atoms with van der Waals surface area (Å²) < 4.78 is 9.31. The van der Waals surface area contributed by atoms with Gasteiger partial charge in [0.2, 0.25) is 5.91 Å². The summed E-state index contributed by atoms with van der Waals surface area (Å²) in [5, 5.41) is 18.7. The van der Waals surface area contributed by atoms with Crippen LogP contribution in [0.15, 0.2) is 41.9 Å². The number of nitrogens with one attached hydrogen (secondary N) is 3. The number of aliphatic hydroxyl groups is 1. The molecule has 0 saturated heterocycles. The topological polar surface area (TPSA) is 156 Å². The van der Waals surface area contributed by atoms with Gasteiger partial charge in [0.15, 0.2) is 0 Å². The molecule has 0 aliphatic heterocycles. The van der Waals surface area contributed by atoms with E-state index in [0.717, 1.165) is 7.11 Å². The van der Waals surface area contributed by atoms with E-state index in [4.69, 9.17) is 4.74 Å². The van der Waals surface area contributed by atoms with E-state index in [-0.39, 0.29) is 17.3 Å². The van der Waals surface area contributed by atoms with Crippen molar-refractivity contribution in [1.29, 1.82) is 0 Å². The number of rotatable bonds is 11. The number of hydrogen-bond donors (Lipinski definition) is 4. The molecule has 176 valence electrons. The lowest BCUT2D eigenvalue weighted by molar-refractivity contribution is -0.138. The molecule has 0 bridgehead atoms. The van der Waals surface area contributed by atoms with Crippen molar-refractivity contribution in [2.24, 2.45) is 0 Å². The Kier molecular flexibility index (Phi) is 9.66. The van der Waals surface area contributed by atoms with Gasteiger partial charge in [-0.3, -0.25) is 14.4 Å². The van der Waals surface area contributed by atoms with Crippen LogP contribution >= 0.6 is 11.3 Å². The molecule has 3 amide bonds. The molecule has 0 fully saturated rings. The van der Waals surface area contributed by atoms with Crippen molar-refractivity contribution in [3.8, 4) is 10.6 Å². The Hall–Kier alpha value is -3.61. The Bertz CT molecular complexity index is 1020. The summed E-state index contributed by atoms with van der Waals surface area (Å²) in [6.07, 6.45) is 0. The molecular weight excluding hydrogens is 452 g/mol. The molecule has 0 unspecified atom stereocenters. The van der Waals surface area contributed by atoms with Gasteiger partial charge in [0, 0.05) is 30.2 Å². The summed E-state index contributed by atoms with van der Waals surface area (Å²) >= 11 is 1.20. The summed E-state index contributed by atoms with van der Waals surface area (Å²) in [5.74, 6) is -2.62. The van der Waals surface area contributed by atoms with Crippen LogP contribution in [0.4, 0.5) is 0 Å². The SMILES string of the molecule is C=C(NC(=O)[C@H](CO)NC(=O)c1csc(-c2ccc(C(=O)NCCOC)cc2)n1)C(=O)OC. The van der Waals surface area contributed by atoms with Crippen molar-refractivity contribution in [1.82, 2.24) is 20.9 Å². The summed E-state index contributed by atoms with van der Waals surface area (Å²) in [7, 11) is 2.67. The van der Waals surface area contributed by atoms with Crippen molar-refractivity contribution in [2.45, 2.75) is 6.04 Å². The molecule has 1 atom stereocenters. The lowest BCUT2D eigenvalue weighted by Crippen LogP contribution is -2.49. The molecule has 1 aromatic carbocycles. The van der Waals surface area contributed by atoms with Crippen LogP contribution in [0.3, 0.4) is 0 Å². The Morgan fingerprint density at radius 3 is 2.45 bits per heavy atom. The van der Waals surface area contributed by atoms with Gasteiger partial charge in [-0.1, -0.05) is 18.7 Å². The molecule has 0 radical (unpaired) electrons. The monoisotopic (exact) mass is 476 g/mol. The van der Waals surface area contributed by atoms with Gasteiger partial charge in [-0.15, -0.1) is 11.3 Å². The molecule has 0 aliphatic rings. The lowest BCUT2D eigenvalue weighted by Gasteiger charge is -2.15. The molecule has 12 heteroatoms. The molecule has 0 saturated carbocycles. The standard InChI is InChI=1S/C21H24N4O7S/c1-12(21(30)32-3)23-18(28)15(10-26)24-19(29)16-11-33-20(25-16)14-6-4-13(5-7-14)17(27)22-8-9-31-2/h4-7,11,15,26H,1,8-10H2,2-3H3,(H,22,27)(H,23,28)(H,24,29)/t15-/m0/s1. The quantitative estimate of drug-likeness (QED) is 0.202. The third-order valence-electron chi connectivity index (χ3n) is 4.23. The minimum absolute atomic E-state index is 0.0365. The Labute approximate surface area is 193 Å². The van der Waals surface area contributed by atoms with Crippen molar-refractivity contribution < 1.29 is 33.8 Å². The molecular formula is C21H24N4O7S. The number of carbonyl (C=O) groups is 4. The maximum atomic E-state index is 12.5. The summed E-state index contributed by atoms with van der Waals surface area (Å²) in [6, 6.07) is 5.35. The van der Waals surface area contributed by atoms with Gasteiger partial charge in [0.05, 0.1) is 20.3 Å². The Morgan fingerprint density at radius 2 is 1.85 bits per heavy atom. The zero-order chi connectivity index (χ0) is 24.4. The van der Waals surface area contributed by atoms with Crippen LogP contribution in [0.25, 0.3) is 10.6 Å². The fourth-order valence-corrected chi connectivity index (χ4v) is 3.29. The van der Waals surface area contributed by atoms with E-state index in [9.17, 15) is 24.3 Å². The van der Waals surface area contributed by atoms with Crippen LogP contribution in [-0.4, -0.2) is 73.8 Å². The molecule has 0 spiro atoms. The van der Waals surface area contributed by atoms with Crippen molar-refractivity contribution in [2.75, 3.05) is 34.0 Å². The second-order valence-electron chi connectivity index (χ2n) is 6.53. The summed E-state index contributed by atoms with van der Waals surface area (Å²) in [5.41, 5.74) is 0.865. The number of benzene rings is 1. The third kappa shape index (κ3) is 7.20. The number of ether oxygens (including phenoxy) is 2. The van der Waals surface area contributed by atoms with Crippen LogP contribution in [0, 0.1) is 0 Å². The highest BCUT2D eigenvalue weighted by atomic mass is 32.1. The smallest absolute Gasteiger partial charge is 0.353 e. The molecule has 33 heavy (non-hydrogen) atoms. The molecule has 2 rings (SSSR count). The Balaban J connectivity index is 2.01. The largest absolute Gasteiger partial charge is 0.464 e. The first kappa shape index (κ1) is 25.6. The number of nitrogens with zero attached hydrogens (tertiary/aromatic N) is 1. The first-order chi connectivity index (χ1) is 15.8. The van der Waals surface area contributed by atoms with Crippen molar-refractivity contribution >= 4 is 35.0 Å². The minimum atomic E-state index is -1.33. The molecule has 2 aromatic rings.